The van der Waals surface area contributed by atoms with Crippen molar-refractivity contribution < 1.29 is 9.59 Å². The predicted molar refractivity (Wildman–Crippen MR) is 138 cm³/mol. The SMILES string of the molecule is N#C/C(C(=O)Nc1ccc(Cl)c(Cl)c1)=C1/S[C@H](Cc2cccc(Cl)c2)C(=O)N1c1ccccc1. The molecule has 5 nitrogen and oxygen atoms in total. The first-order chi connectivity index (χ1) is 16.4. The monoisotopic (exact) mass is 527 g/mol. The van der Waals surface area contributed by atoms with Crippen LogP contribution < -0.4 is 10.2 Å². The van der Waals surface area contributed by atoms with Crippen LogP contribution in [0.2, 0.25) is 15.1 Å². The van der Waals surface area contributed by atoms with Gasteiger partial charge < -0.3 is 5.32 Å². The molecule has 2 amide bonds. The van der Waals surface area contributed by atoms with Crippen LogP contribution >= 0.6 is 46.6 Å². The summed E-state index contributed by atoms with van der Waals surface area (Å²) in [5.74, 6) is -0.873. The molecule has 0 saturated carbocycles. The number of rotatable bonds is 5. The molecule has 0 radical (unpaired) electrons. The molecule has 34 heavy (non-hydrogen) atoms. The van der Waals surface area contributed by atoms with E-state index in [0.29, 0.717) is 27.8 Å². The van der Waals surface area contributed by atoms with Crippen molar-refractivity contribution in [3.05, 3.63) is 104 Å². The van der Waals surface area contributed by atoms with Crippen LogP contribution in [0.5, 0.6) is 0 Å². The number of benzene rings is 3. The zero-order chi connectivity index (χ0) is 24.2. The molecule has 3 aromatic carbocycles. The third-order valence-corrected chi connectivity index (χ3v) is 7.24. The maximum Gasteiger partial charge on any atom is 0.269 e. The highest BCUT2D eigenvalue weighted by atomic mass is 35.5. The fourth-order valence-electron chi connectivity index (χ4n) is 3.44. The predicted octanol–water partition coefficient (Wildman–Crippen LogP) is 6.71. The van der Waals surface area contributed by atoms with Gasteiger partial charge in [-0.15, -0.1) is 0 Å². The van der Waals surface area contributed by atoms with Gasteiger partial charge in [0.2, 0.25) is 5.91 Å². The molecule has 1 N–H and O–H groups in total. The van der Waals surface area contributed by atoms with Crippen molar-refractivity contribution in [2.45, 2.75) is 11.7 Å². The highest BCUT2D eigenvalue weighted by Crippen LogP contribution is 2.42. The molecule has 1 saturated heterocycles. The largest absolute Gasteiger partial charge is 0.321 e. The lowest BCUT2D eigenvalue weighted by Crippen LogP contribution is -2.30. The van der Waals surface area contributed by atoms with Crippen molar-refractivity contribution in [3.8, 4) is 6.07 Å². The van der Waals surface area contributed by atoms with Gasteiger partial charge in [0, 0.05) is 16.4 Å². The lowest BCUT2D eigenvalue weighted by atomic mass is 10.1. The number of para-hydroxylation sites is 1. The molecule has 1 aliphatic rings. The standard InChI is InChI=1S/C25H16Cl3N3O2S/c26-16-6-4-5-15(11-16)12-22-24(33)31(18-7-2-1-3-8-18)25(34-22)19(14-29)23(32)30-17-9-10-20(27)21(28)13-17/h1-11,13,22H,12H2,(H,30,32)/b25-19-/t22-/m1/s1. The summed E-state index contributed by atoms with van der Waals surface area (Å²) in [6, 6.07) is 22.8. The lowest BCUT2D eigenvalue weighted by molar-refractivity contribution is -0.117. The Bertz CT molecular complexity index is 1340. The van der Waals surface area contributed by atoms with E-state index in [-0.39, 0.29) is 21.5 Å². The Morgan fingerprint density at radius 3 is 2.44 bits per heavy atom. The maximum absolute atomic E-state index is 13.5. The van der Waals surface area contributed by atoms with Crippen molar-refractivity contribution >= 4 is 69.8 Å². The molecule has 1 aliphatic heterocycles. The Hall–Kier alpha value is -2.95. The summed E-state index contributed by atoms with van der Waals surface area (Å²) in [7, 11) is 0. The summed E-state index contributed by atoms with van der Waals surface area (Å²) in [5.41, 5.74) is 1.65. The zero-order valence-corrected chi connectivity index (χ0v) is 20.6. The quantitative estimate of drug-likeness (QED) is 0.295. The summed E-state index contributed by atoms with van der Waals surface area (Å²) < 4.78 is 0. The molecule has 0 aromatic heterocycles. The number of anilines is 2. The van der Waals surface area contributed by atoms with Gasteiger partial charge in [-0.25, -0.2) is 0 Å². The number of thioether (sulfide) groups is 1. The van der Waals surface area contributed by atoms with E-state index >= 15 is 0 Å². The Labute approximate surface area is 215 Å². The molecule has 0 bridgehead atoms. The number of amides is 2. The number of halogens is 3. The summed E-state index contributed by atoms with van der Waals surface area (Å²) >= 11 is 19.3. The Balaban J connectivity index is 1.71. The van der Waals surface area contributed by atoms with Gasteiger partial charge in [-0.1, -0.05) is 76.9 Å². The zero-order valence-electron chi connectivity index (χ0n) is 17.5. The molecule has 1 fully saturated rings. The van der Waals surface area contributed by atoms with Gasteiger partial charge >= 0.3 is 0 Å². The van der Waals surface area contributed by atoms with Crippen molar-refractivity contribution in [2.24, 2.45) is 0 Å². The van der Waals surface area contributed by atoms with Crippen LogP contribution in [0.15, 0.2) is 83.4 Å². The highest BCUT2D eigenvalue weighted by molar-refractivity contribution is 8.05. The van der Waals surface area contributed by atoms with Crippen LogP contribution in [-0.2, 0) is 16.0 Å². The first kappa shape index (κ1) is 24.2. The average molecular weight is 529 g/mol. The second-order valence-corrected chi connectivity index (χ2v) is 9.77. The van der Waals surface area contributed by atoms with Gasteiger partial charge in [-0.3, -0.25) is 14.5 Å². The van der Waals surface area contributed by atoms with E-state index < -0.39 is 11.2 Å². The van der Waals surface area contributed by atoms with Crippen molar-refractivity contribution in [3.63, 3.8) is 0 Å². The van der Waals surface area contributed by atoms with E-state index in [4.69, 9.17) is 34.8 Å². The summed E-state index contributed by atoms with van der Waals surface area (Å²) in [6.07, 6.45) is 0.393. The molecule has 9 heteroatoms. The number of nitrogens with zero attached hydrogens (tertiary/aromatic N) is 2. The average Bonchev–Trinajstić information content (AvgIpc) is 3.13. The van der Waals surface area contributed by atoms with Crippen LogP contribution in [0.3, 0.4) is 0 Å². The molecule has 0 aliphatic carbocycles. The van der Waals surface area contributed by atoms with Crippen molar-refractivity contribution in [2.75, 3.05) is 10.2 Å². The van der Waals surface area contributed by atoms with Crippen LogP contribution in [-0.4, -0.2) is 17.1 Å². The summed E-state index contributed by atoms with van der Waals surface area (Å²) in [4.78, 5) is 28.0. The van der Waals surface area contributed by atoms with Gasteiger partial charge in [-0.05, 0) is 54.4 Å². The molecular formula is C25H16Cl3N3O2S. The van der Waals surface area contributed by atoms with Gasteiger partial charge in [0.25, 0.3) is 5.91 Å². The first-order valence-corrected chi connectivity index (χ1v) is 12.1. The van der Waals surface area contributed by atoms with Gasteiger partial charge in [-0.2, -0.15) is 5.26 Å². The van der Waals surface area contributed by atoms with Crippen LogP contribution in [0.25, 0.3) is 0 Å². The Morgan fingerprint density at radius 2 is 1.76 bits per heavy atom. The van der Waals surface area contributed by atoms with Gasteiger partial charge in [0.15, 0.2) is 0 Å². The van der Waals surface area contributed by atoms with Crippen LogP contribution in [0, 0.1) is 11.3 Å². The molecule has 0 unspecified atom stereocenters. The molecule has 0 spiro atoms. The van der Waals surface area contributed by atoms with Gasteiger partial charge in [0.1, 0.15) is 16.7 Å². The number of hydrogen-bond donors (Lipinski definition) is 1. The number of carbonyl (C=O) groups excluding carboxylic acids is 2. The number of nitriles is 1. The minimum Gasteiger partial charge on any atom is -0.321 e. The summed E-state index contributed by atoms with van der Waals surface area (Å²) in [5, 5.41) is 13.5. The van der Waals surface area contributed by atoms with E-state index in [1.54, 1.807) is 48.5 Å². The van der Waals surface area contributed by atoms with E-state index in [9.17, 15) is 14.9 Å². The fourth-order valence-corrected chi connectivity index (χ4v) is 5.26. The van der Waals surface area contributed by atoms with E-state index in [1.165, 1.54) is 22.7 Å². The van der Waals surface area contributed by atoms with Crippen molar-refractivity contribution in [1.82, 2.24) is 0 Å². The van der Waals surface area contributed by atoms with E-state index in [0.717, 1.165) is 5.56 Å². The molecule has 3 aromatic rings. The second-order valence-electron chi connectivity index (χ2n) is 7.32. The smallest absolute Gasteiger partial charge is 0.269 e. The third kappa shape index (κ3) is 5.24. The fraction of sp³-hybridized carbons (Fsp3) is 0.0800. The minimum absolute atomic E-state index is 0.179. The van der Waals surface area contributed by atoms with Crippen molar-refractivity contribution in [1.29, 1.82) is 5.26 Å². The molecule has 170 valence electrons. The van der Waals surface area contributed by atoms with Crippen LogP contribution in [0.4, 0.5) is 11.4 Å². The maximum atomic E-state index is 13.5. The van der Waals surface area contributed by atoms with E-state index in [1.807, 2.05) is 24.3 Å². The second kappa shape index (κ2) is 10.5. The Morgan fingerprint density at radius 1 is 1.00 bits per heavy atom. The van der Waals surface area contributed by atoms with Crippen LogP contribution in [0.1, 0.15) is 5.56 Å². The first-order valence-electron chi connectivity index (χ1n) is 10.1. The Kier molecular flexibility index (Phi) is 7.50. The molecular weight excluding hydrogens is 513 g/mol. The van der Waals surface area contributed by atoms with Gasteiger partial charge in [0.05, 0.1) is 15.3 Å². The summed E-state index contributed by atoms with van der Waals surface area (Å²) in [6.45, 7) is 0. The normalized spacial score (nSPS) is 16.8. The minimum atomic E-state index is -0.652. The van der Waals surface area contributed by atoms with E-state index in [2.05, 4.69) is 5.32 Å². The topological polar surface area (TPSA) is 73.2 Å². The molecule has 1 heterocycles. The number of carbonyl (C=O) groups is 2. The third-order valence-electron chi connectivity index (χ3n) is 5.01. The number of hydrogen-bond acceptors (Lipinski definition) is 4. The number of nitrogens with one attached hydrogen (secondary N) is 1. The molecule has 4 rings (SSSR count). The molecule has 1 atom stereocenters. The highest BCUT2D eigenvalue weighted by Gasteiger charge is 2.40. The lowest BCUT2D eigenvalue weighted by Gasteiger charge is -2.18.